The molecular formula is C15H30BN9O4. The standard InChI is InChI=1S/C15H30BN9O4/c1-10(2)7-12(16(28)29)22-14(27)11(5-4-6-19-15(17)18-3)21-13(26)8-25-9-20-23-24-25/h9-12,28-29H,4-8H2,1-3H3,(H,21,26)(H,22,27)(H3,17,18,19)/t11-,12-/m0/s1. The van der Waals surface area contributed by atoms with Crippen molar-refractivity contribution >= 4 is 24.9 Å². The molecule has 0 aliphatic rings. The summed E-state index contributed by atoms with van der Waals surface area (Å²) in [6.07, 6.45) is 2.43. The smallest absolute Gasteiger partial charge is 0.426 e. The first-order valence-electron chi connectivity index (χ1n) is 9.39. The topological polar surface area (TPSA) is 190 Å². The summed E-state index contributed by atoms with van der Waals surface area (Å²) >= 11 is 0. The van der Waals surface area contributed by atoms with Gasteiger partial charge >= 0.3 is 7.12 Å². The molecule has 1 aromatic heterocycles. The highest BCUT2D eigenvalue weighted by Gasteiger charge is 2.29. The number of guanidine groups is 1. The molecule has 13 nitrogen and oxygen atoms in total. The lowest BCUT2D eigenvalue weighted by Crippen LogP contribution is -2.54. The van der Waals surface area contributed by atoms with Crippen molar-refractivity contribution in [2.75, 3.05) is 13.6 Å². The number of hydrogen-bond acceptors (Lipinski definition) is 8. The van der Waals surface area contributed by atoms with Gasteiger partial charge in [-0.1, -0.05) is 13.8 Å². The Kier molecular flexibility index (Phi) is 10.6. The Balaban J connectivity index is 2.71. The predicted octanol–water partition coefficient (Wildman–Crippen LogP) is -2.78. The van der Waals surface area contributed by atoms with Crippen LogP contribution in [-0.4, -0.2) is 80.7 Å². The third kappa shape index (κ3) is 9.85. The number of hydrogen-bond donors (Lipinski definition) is 7. The lowest BCUT2D eigenvalue weighted by Gasteiger charge is -2.24. The minimum absolute atomic E-state index is 0.131. The second-order valence-electron chi connectivity index (χ2n) is 6.98. The molecule has 1 heterocycles. The van der Waals surface area contributed by atoms with Crippen LogP contribution in [0.5, 0.6) is 0 Å². The zero-order valence-corrected chi connectivity index (χ0v) is 16.9. The number of tetrazole rings is 1. The fraction of sp³-hybridized carbons (Fsp3) is 0.733. The molecule has 0 saturated heterocycles. The van der Waals surface area contributed by atoms with Crippen molar-refractivity contribution in [3.05, 3.63) is 6.33 Å². The van der Waals surface area contributed by atoms with Crippen LogP contribution in [0.2, 0.25) is 0 Å². The first-order chi connectivity index (χ1) is 13.7. The average Bonchev–Trinajstić information content (AvgIpc) is 3.15. The number of carbonyl (C=O) groups is 2. The average molecular weight is 411 g/mol. The molecule has 0 aromatic carbocycles. The number of aromatic nitrogens is 4. The molecule has 14 heteroatoms. The van der Waals surface area contributed by atoms with Gasteiger partial charge in [-0.05, 0) is 35.6 Å². The van der Waals surface area contributed by atoms with Gasteiger partial charge in [0.15, 0.2) is 5.96 Å². The Labute approximate surface area is 169 Å². The Morgan fingerprint density at radius 1 is 1.28 bits per heavy atom. The molecule has 2 amide bonds. The molecule has 0 radical (unpaired) electrons. The van der Waals surface area contributed by atoms with Gasteiger partial charge in [-0.25, -0.2) is 4.68 Å². The highest BCUT2D eigenvalue weighted by Crippen LogP contribution is 2.07. The van der Waals surface area contributed by atoms with Crippen LogP contribution in [0.4, 0.5) is 0 Å². The van der Waals surface area contributed by atoms with E-state index in [0.717, 1.165) is 0 Å². The van der Waals surface area contributed by atoms with Crippen molar-refractivity contribution < 1.29 is 19.6 Å². The van der Waals surface area contributed by atoms with E-state index in [9.17, 15) is 19.6 Å². The lowest BCUT2D eigenvalue weighted by atomic mass is 9.75. The summed E-state index contributed by atoms with van der Waals surface area (Å²) in [5.74, 6) is -1.55. The molecular weight excluding hydrogens is 381 g/mol. The fourth-order valence-electron chi connectivity index (χ4n) is 2.56. The number of amides is 2. The first kappa shape index (κ1) is 24.3. The van der Waals surface area contributed by atoms with Crippen molar-refractivity contribution in [3.8, 4) is 0 Å². The molecule has 0 fully saturated rings. The molecule has 0 aliphatic heterocycles. The first-order valence-corrected chi connectivity index (χ1v) is 9.39. The maximum Gasteiger partial charge on any atom is 0.475 e. The van der Waals surface area contributed by atoms with Gasteiger partial charge in [0, 0.05) is 13.6 Å². The molecule has 29 heavy (non-hydrogen) atoms. The summed E-state index contributed by atoms with van der Waals surface area (Å²) in [6, 6.07) is -0.891. The minimum Gasteiger partial charge on any atom is -0.426 e. The van der Waals surface area contributed by atoms with Crippen LogP contribution in [0.15, 0.2) is 6.33 Å². The van der Waals surface area contributed by atoms with Crippen molar-refractivity contribution in [2.45, 2.75) is 51.6 Å². The normalized spacial score (nSPS) is 12.8. The highest BCUT2D eigenvalue weighted by molar-refractivity contribution is 6.43. The maximum atomic E-state index is 12.7. The quantitative estimate of drug-likeness (QED) is 0.0826. The molecule has 0 aliphatic carbocycles. The van der Waals surface area contributed by atoms with Crippen LogP contribution in [0.1, 0.15) is 33.1 Å². The van der Waals surface area contributed by atoms with E-state index in [-0.39, 0.29) is 24.8 Å². The zero-order chi connectivity index (χ0) is 21.8. The zero-order valence-electron chi connectivity index (χ0n) is 16.9. The van der Waals surface area contributed by atoms with E-state index in [0.29, 0.717) is 19.4 Å². The van der Waals surface area contributed by atoms with E-state index in [1.807, 2.05) is 13.8 Å². The predicted molar refractivity (Wildman–Crippen MR) is 105 cm³/mol. The molecule has 0 saturated carbocycles. The second-order valence-corrected chi connectivity index (χ2v) is 6.98. The largest absolute Gasteiger partial charge is 0.475 e. The summed E-state index contributed by atoms with van der Waals surface area (Å²) in [4.78, 5) is 24.9. The monoisotopic (exact) mass is 411 g/mol. The van der Waals surface area contributed by atoms with Gasteiger partial charge in [-0.15, -0.1) is 5.10 Å². The summed E-state index contributed by atoms with van der Waals surface area (Å²) < 4.78 is 1.22. The number of nitrogens with one attached hydrogen (secondary N) is 5. The van der Waals surface area contributed by atoms with Gasteiger partial charge in [-0.3, -0.25) is 15.0 Å². The van der Waals surface area contributed by atoms with Gasteiger partial charge < -0.3 is 31.3 Å². The van der Waals surface area contributed by atoms with Gasteiger partial charge in [0.2, 0.25) is 11.8 Å². The van der Waals surface area contributed by atoms with Crippen LogP contribution in [0, 0.1) is 11.3 Å². The van der Waals surface area contributed by atoms with Crippen LogP contribution in [0.3, 0.4) is 0 Å². The Morgan fingerprint density at radius 3 is 2.55 bits per heavy atom. The number of carbonyl (C=O) groups excluding carboxylic acids is 2. The van der Waals surface area contributed by atoms with E-state index in [1.54, 1.807) is 7.05 Å². The molecule has 0 unspecified atom stereocenters. The van der Waals surface area contributed by atoms with Crippen molar-refractivity contribution in [1.82, 2.24) is 41.5 Å². The van der Waals surface area contributed by atoms with Gasteiger partial charge in [0.1, 0.15) is 18.9 Å². The number of rotatable bonds is 12. The van der Waals surface area contributed by atoms with Crippen LogP contribution in [0.25, 0.3) is 0 Å². The van der Waals surface area contributed by atoms with E-state index < -0.39 is 30.9 Å². The molecule has 7 N–H and O–H groups in total. The molecule has 162 valence electrons. The summed E-state index contributed by atoms with van der Waals surface area (Å²) in [5.41, 5.74) is 0. The molecule has 0 bridgehead atoms. The van der Waals surface area contributed by atoms with E-state index >= 15 is 0 Å². The summed E-state index contributed by atoms with van der Waals surface area (Å²) in [5, 5.41) is 47.7. The third-order valence-electron chi connectivity index (χ3n) is 3.98. The maximum absolute atomic E-state index is 12.7. The fourth-order valence-corrected chi connectivity index (χ4v) is 2.56. The highest BCUT2D eigenvalue weighted by atomic mass is 16.4. The Hall–Kier alpha value is -2.74. The number of nitrogens with zero attached hydrogens (tertiary/aromatic N) is 4. The van der Waals surface area contributed by atoms with Crippen LogP contribution >= 0.6 is 0 Å². The van der Waals surface area contributed by atoms with Crippen LogP contribution < -0.4 is 21.3 Å². The minimum atomic E-state index is -1.71. The summed E-state index contributed by atoms with van der Waals surface area (Å²) in [7, 11) is -0.100. The Bertz CT molecular complexity index is 642. The Morgan fingerprint density at radius 2 is 2.00 bits per heavy atom. The van der Waals surface area contributed by atoms with E-state index in [1.165, 1.54) is 11.0 Å². The second kappa shape index (κ2) is 12.7. The van der Waals surface area contributed by atoms with Gasteiger partial charge in [-0.2, -0.15) is 0 Å². The van der Waals surface area contributed by atoms with E-state index in [4.69, 9.17) is 5.41 Å². The van der Waals surface area contributed by atoms with Crippen LogP contribution in [-0.2, 0) is 16.1 Å². The third-order valence-corrected chi connectivity index (χ3v) is 3.98. The molecule has 0 spiro atoms. The SMILES string of the molecule is CNC(=N)NCCC[C@H](NC(=O)Cn1cnnn1)C(=O)N[C@@H](CC(C)C)B(O)O. The molecule has 2 atom stereocenters. The van der Waals surface area contributed by atoms with Crippen molar-refractivity contribution in [1.29, 1.82) is 5.41 Å². The van der Waals surface area contributed by atoms with Crippen molar-refractivity contribution in [3.63, 3.8) is 0 Å². The van der Waals surface area contributed by atoms with E-state index in [2.05, 4.69) is 36.8 Å². The van der Waals surface area contributed by atoms with Gasteiger partial charge in [0.05, 0.1) is 5.94 Å². The molecule has 1 rings (SSSR count). The van der Waals surface area contributed by atoms with Crippen molar-refractivity contribution in [2.24, 2.45) is 5.92 Å². The molecule has 1 aromatic rings. The van der Waals surface area contributed by atoms with Gasteiger partial charge in [0.25, 0.3) is 0 Å². The summed E-state index contributed by atoms with van der Waals surface area (Å²) in [6.45, 7) is 4.06. The lowest BCUT2D eigenvalue weighted by molar-refractivity contribution is -0.129.